The molecule has 0 aliphatic carbocycles. The normalized spacial score (nSPS) is 5.64. The minimum atomic E-state index is -0.0833. The molecule has 0 bridgehead atoms. The second-order valence-corrected chi connectivity index (χ2v) is 1.67. The standard InChI is InChI=1S/C2H6OS.CH5N3.CNS/c3-1-2-4;2-1(3)4;2-1-3/h3-4H,1-2H2;(H5,2,3,4);/q;;-1/p+1. The lowest BCUT2D eigenvalue weighted by Crippen LogP contribution is -2.51. The zero-order valence-corrected chi connectivity index (χ0v) is 7.61. The van der Waals surface area contributed by atoms with E-state index < -0.39 is 0 Å². The molecule has 0 atom stereocenters. The van der Waals surface area contributed by atoms with Crippen LogP contribution in [0.25, 0.3) is 5.41 Å². The SMILES string of the molecule is NC(N)=[NH2+].OCCS.[N-]=C=S. The third-order valence-electron chi connectivity index (χ3n) is 0.1000. The lowest BCUT2D eigenvalue weighted by Gasteiger charge is -1.69. The van der Waals surface area contributed by atoms with E-state index in [9.17, 15) is 0 Å². The van der Waals surface area contributed by atoms with E-state index in [0.29, 0.717) is 5.75 Å². The molecule has 0 heterocycles. The van der Waals surface area contributed by atoms with Crippen molar-refractivity contribution in [1.29, 1.82) is 0 Å². The predicted molar refractivity (Wildman–Crippen MR) is 52.2 cm³/mol. The fraction of sp³-hybridized carbons (Fsp3) is 0.500. The average Bonchev–Trinajstić information content (AvgIpc) is 1.88. The minimum absolute atomic E-state index is 0.0833. The van der Waals surface area contributed by atoms with Gasteiger partial charge < -0.3 is 10.5 Å². The molecule has 7 N–H and O–H groups in total. The van der Waals surface area contributed by atoms with Crippen LogP contribution in [0.4, 0.5) is 0 Å². The number of thiocarbonyl (C=S) groups is 1. The first-order chi connectivity index (χ1) is 5.06. The zero-order valence-electron chi connectivity index (χ0n) is 5.90. The number of guanidine groups is 1. The number of hydrogen-bond donors (Lipinski definition) is 5. The van der Waals surface area contributed by atoms with Crippen LogP contribution in [0.5, 0.6) is 0 Å². The van der Waals surface area contributed by atoms with Gasteiger partial charge >= 0.3 is 5.96 Å². The first kappa shape index (κ1) is 16.8. The highest BCUT2D eigenvalue weighted by Crippen LogP contribution is 1.61. The van der Waals surface area contributed by atoms with E-state index in [1.54, 1.807) is 0 Å². The molecule has 7 heteroatoms. The van der Waals surface area contributed by atoms with Crippen LogP contribution in [0.15, 0.2) is 0 Å². The van der Waals surface area contributed by atoms with Crippen molar-refractivity contribution < 1.29 is 10.5 Å². The second-order valence-electron chi connectivity index (χ2n) is 1.04. The highest BCUT2D eigenvalue weighted by atomic mass is 32.1. The van der Waals surface area contributed by atoms with Crippen LogP contribution in [0.2, 0.25) is 0 Å². The summed E-state index contributed by atoms with van der Waals surface area (Å²) in [5, 5.41) is 20.8. The van der Waals surface area contributed by atoms with Crippen molar-refractivity contribution in [1.82, 2.24) is 0 Å². The maximum absolute atomic E-state index is 7.80. The summed E-state index contributed by atoms with van der Waals surface area (Å²) in [6, 6.07) is 0. The lowest BCUT2D eigenvalue weighted by molar-refractivity contribution is -0.116. The Morgan fingerprint density at radius 3 is 1.82 bits per heavy atom. The molecule has 0 unspecified atom stereocenters. The molecule has 0 fully saturated rings. The molecule has 5 nitrogen and oxygen atoms in total. The minimum Gasteiger partial charge on any atom is -0.753 e. The molecular formula is C4H12N4OS2. The van der Waals surface area contributed by atoms with Gasteiger partial charge in [0.15, 0.2) is 0 Å². The van der Waals surface area contributed by atoms with Crippen molar-refractivity contribution in [2.45, 2.75) is 0 Å². The third-order valence-corrected chi connectivity index (χ3v) is 0.300. The van der Waals surface area contributed by atoms with E-state index >= 15 is 0 Å². The molecule has 0 aromatic rings. The molecule has 11 heavy (non-hydrogen) atoms. The molecule has 0 radical (unpaired) electrons. The molecular weight excluding hydrogens is 184 g/mol. The molecule has 0 amide bonds. The van der Waals surface area contributed by atoms with Crippen LogP contribution in [0, 0.1) is 0 Å². The Hall–Kier alpha value is -0.620. The fourth-order valence-corrected chi connectivity index (χ4v) is 0. The highest BCUT2D eigenvalue weighted by Gasteiger charge is 1.64. The largest absolute Gasteiger partial charge is 0.753 e. The van der Waals surface area contributed by atoms with Gasteiger partial charge in [-0.3, -0.25) is 16.9 Å². The highest BCUT2D eigenvalue weighted by molar-refractivity contribution is 7.80. The Bertz CT molecular complexity index is 107. The fourth-order valence-electron chi connectivity index (χ4n) is 0. The van der Waals surface area contributed by atoms with Crippen LogP contribution in [-0.4, -0.2) is 28.6 Å². The topological polar surface area (TPSA) is 120 Å². The Kier molecular flexibility index (Phi) is 34.7. The van der Waals surface area contributed by atoms with Crippen LogP contribution in [-0.2, 0) is 0 Å². The monoisotopic (exact) mass is 196 g/mol. The first-order valence-corrected chi connectivity index (χ1v) is 3.47. The number of hydrogen-bond acceptors (Lipinski definition) is 3. The molecule has 0 aliphatic heterocycles. The number of nitrogens with zero attached hydrogens (tertiary/aromatic N) is 1. The van der Waals surface area contributed by atoms with Crippen molar-refractivity contribution in [2.75, 3.05) is 12.4 Å². The Morgan fingerprint density at radius 1 is 1.73 bits per heavy atom. The van der Waals surface area contributed by atoms with E-state index in [2.05, 4.69) is 41.7 Å². The van der Waals surface area contributed by atoms with E-state index in [4.69, 9.17) is 10.5 Å². The number of aliphatic hydroxyl groups is 1. The van der Waals surface area contributed by atoms with Gasteiger partial charge in [0.2, 0.25) is 0 Å². The van der Waals surface area contributed by atoms with Crippen molar-refractivity contribution >= 4 is 36.0 Å². The van der Waals surface area contributed by atoms with Gasteiger partial charge in [-0.25, -0.2) is 0 Å². The van der Waals surface area contributed by atoms with Crippen LogP contribution in [0.3, 0.4) is 0 Å². The summed E-state index contributed by atoms with van der Waals surface area (Å²) in [5.74, 6) is 0.486. The summed E-state index contributed by atoms with van der Waals surface area (Å²) in [6.45, 7) is 0.184. The number of thiol groups is 1. The summed E-state index contributed by atoms with van der Waals surface area (Å²) < 4.78 is 0. The van der Waals surface area contributed by atoms with Crippen LogP contribution >= 0.6 is 24.8 Å². The van der Waals surface area contributed by atoms with E-state index in [1.807, 2.05) is 0 Å². The average molecular weight is 196 g/mol. The van der Waals surface area contributed by atoms with Crippen molar-refractivity contribution in [3.05, 3.63) is 5.41 Å². The van der Waals surface area contributed by atoms with Gasteiger partial charge in [0.05, 0.1) is 6.61 Å². The second kappa shape index (κ2) is 22.8. The number of aliphatic hydroxyl groups excluding tert-OH is 1. The van der Waals surface area contributed by atoms with E-state index in [0.717, 1.165) is 0 Å². The smallest absolute Gasteiger partial charge is 0.336 e. The van der Waals surface area contributed by atoms with Gasteiger partial charge in [0.1, 0.15) is 0 Å². The number of rotatable bonds is 1. The molecule has 0 aromatic carbocycles. The quantitative estimate of drug-likeness (QED) is 0.139. The summed E-state index contributed by atoms with van der Waals surface area (Å²) in [5.41, 5.74) is 9.17. The van der Waals surface area contributed by atoms with Crippen molar-refractivity contribution in [2.24, 2.45) is 11.5 Å². The van der Waals surface area contributed by atoms with Gasteiger partial charge in [0, 0.05) is 5.75 Å². The summed E-state index contributed by atoms with van der Waals surface area (Å²) in [4.78, 5) is 0. The molecule has 0 aromatic heterocycles. The van der Waals surface area contributed by atoms with E-state index in [1.165, 1.54) is 5.16 Å². The molecule has 0 saturated carbocycles. The van der Waals surface area contributed by atoms with Crippen molar-refractivity contribution in [3.63, 3.8) is 0 Å². The Labute approximate surface area is 76.2 Å². The van der Waals surface area contributed by atoms with Gasteiger partial charge in [-0.15, -0.1) is 0 Å². The number of isothiocyanates is 1. The first-order valence-electron chi connectivity index (χ1n) is 2.43. The maximum atomic E-state index is 7.80. The maximum Gasteiger partial charge on any atom is 0.336 e. The Balaban J connectivity index is -0.0000000886. The molecule has 0 spiro atoms. The lowest BCUT2D eigenvalue weighted by atomic mass is 10.9. The van der Waals surface area contributed by atoms with E-state index in [-0.39, 0.29) is 12.6 Å². The number of nitrogens with two attached hydrogens (primary N) is 3. The molecule has 0 saturated heterocycles. The third kappa shape index (κ3) is 3540. The van der Waals surface area contributed by atoms with Gasteiger partial charge in [0.25, 0.3) is 0 Å². The van der Waals surface area contributed by atoms with Gasteiger partial charge in [-0.05, 0) is 0 Å². The van der Waals surface area contributed by atoms with Crippen LogP contribution in [0.1, 0.15) is 0 Å². The summed E-state index contributed by atoms with van der Waals surface area (Å²) in [6.07, 6.45) is 0. The van der Waals surface area contributed by atoms with Gasteiger partial charge in [-0.1, -0.05) is 12.2 Å². The van der Waals surface area contributed by atoms with Crippen LogP contribution < -0.4 is 16.9 Å². The molecule has 0 aliphatic rings. The Morgan fingerprint density at radius 2 is 1.82 bits per heavy atom. The zero-order chi connectivity index (χ0) is 9.70. The molecule has 66 valence electrons. The van der Waals surface area contributed by atoms with Gasteiger partial charge in [-0.2, -0.15) is 17.8 Å². The summed E-state index contributed by atoms with van der Waals surface area (Å²) >= 11 is 7.37. The summed E-state index contributed by atoms with van der Waals surface area (Å²) in [7, 11) is 0. The predicted octanol–water partition coefficient (Wildman–Crippen LogP) is -2.41. The molecule has 0 rings (SSSR count). The van der Waals surface area contributed by atoms with Crippen molar-refractivity contribution in [3.8, 4) is 0 Å².